The van der Waals surface area contributed by atoms with Gasteiger partial charge in [-0.1, -0.05) is 18.2 Å². The zero-order valence-electron chi connectivity index (χ0n) is 10.9. The smallest absolute Gasteiger partial charge is 0.124 e. The van der Waals surface area contributed by atoms with Crippen molar-refractivity contribution < 1.29 is 9.84 Å². The number of rotatable bonds is 4. The molecule has 0 atom stereocenters. The number of hydrazone groups is 1. The summed E-state index contributed by atoms with van der Waals surface area (Å²) in [6.45, 7) is 1.88. The highest BCUT2D eigenvalue weighted by atomic mass is 16.5. The second-order valence-electron chi connectivity index (χ2n) is 4.12. The molecule has 0 saturated heterocycles. The molecule has 0 saturated carbocycles. The van der Waals surface area contributed by atoms with Crippen molar-refractivity contribution in [1.82, 2.24) is 0 Å². The minimum Gasteiger partial charge on any atom is -0.507 e. The Morgan fingerprint density at radius 1 is 1.21 bits per heavy atom. The number of methoxy groups -OCH3 is 1. The summed E-state index contributed by atoms with van der Waals surface area (Å²) < 4.78 is 5.21. The van der Waals surface area contributed by atoms with Crippen molar-refractivity contribution in [3.05, 3.63) is 53.6 Å². The lowest BCUT2D eigenvalue weighted by molar-refractivity contribution is 0.409. The van der Waals surface area contributed by atoms with Gasteiger partial charge in [-0.15, -0.1) is 0 Å². The Bertz CT molecular complexity index is 580. The zero-order valence-corrected chi connectivity index (χ0v) is 10.9. The first-order valence-electron chi connectivity index (χ1n) is 5.92. The van der Waals surface area contributed by atoms with Gasteiger partial charge in [-0.25, -0.2) is 0 Å². The minimum atomic E-state index is 0.178. The van der Waals surface area contributed by atoms with Crippen molar-refractivity contribution in [1.29, 1.82) is 0 Å². The average Bonchev–Trinajstić information content (AvgIpc) is 2.42. The van der Waals surface area contributed by atoms with Gasteiger partial charge in [-0.05, 0) is 36.8 Å². The van der Waals surface area contributed by atoms with Gasteiger partial charge in [0, 0.05) is 5.56 Å². The Hall–Kier alpha value is -2.49. The number of phenolic OH excluding ortho intramolecular Hbond substituents is 1. The number of aromatic hydroxyl groups is 1. The molecule has 2 N–H and O–H groups in total. The maximum Gasteiger partial charge on any atom is 0.124 e. The topological polar surface area (TPSA) is 53.8 Å². The van der Waals surface area contributed by atoms with Crippen LogP contribution in [0.3, 0.4) is 0 Å². The summed E-state index contributed by atoms with van der Waals surface area (Å²) in [4.78, 5) is 0. The molecule has 0 bridgehead atoms. The average molecular weight is 256 g/mol. The standard InChI is InChI=1S/C15H16N2O2/c1-11-8-14(18)12(9-15(11)19-2)10-16-17-13-6-4-3-5-7-13/h3-10,17-18H,1-2H3. The van der Waals surface area contributed by atoms with E-state index < -0.39 is 0 Å². The Balaban J connectivity index is 2.15. The van der Waals surface area contributed by atoms with E-state index in [0.29, 0.717) is 5.56 Å². The number of anilines is 1. The largest absolute Gasteiger partial charge is 0.507 e. The zero-order chi connectivity index (χ0) is 13.7. The number of para-hydroxylation sites is 1. The first-order valence-corrected chi connectivity index (χ1v) is 5.92. The third-order valence-electron chi connectivity index (χ3n) is 2.72. The summed E-state index contributed by atoms with van der Waals surface area (Å²) in [5.41, 5.74) is 5.26. The van der Waals surface area contributed by atoms with Gasteiger partial charge in [-0.3, -0.25) is 5.43 Å². The summed E-state index contributed by atoms with van der Waals surface area (Å²) in [5.74, 6) is 0.899. The van der Waals surface area contributed by atoms with Gasteiger partial charge in [0.25, 0.3) is 0 Å². The Kier molecular flexibility index (Phi) is 4.03. The van der Waals surface area contributed by atoms with Crippen molar-refractivity contribution in [2.75, 3.05) is 12.5 Å². The number of hydrogen-bond donors (Lipinski definition) is 2. The maximum atomic E-state index is 9.83. The molecule has 4 heteroatoms. The van der Waals surface area contributed by atoms with E-state index in [1.807, 2.05) is 37.3 Å². The summed E-state index contributed by atoms with van der Waals surface area (Å²) in [7, 11) is 1.60. The lowest BCUT2D eigenvalue weighted by Crippen LogP contribution is -1.93. The molecule has 0 aliphatic carbocycles. The molecular weight excluding hydrogens is 240 g/mol. The Morgan fingerprint density at radius 2 is 1.95 bits per heavy atom. The van der Waals surface area contributed by atoms with Crippen molar-refractivity contribution >= 4 is 11.9 Å². The van der Waals surface area contributed by atoms with E-state index >= 15 is 0 Å². The molecule has 0 heterocycles. The van der Waals surface area contributed by atoms with Gasteiger partial charge in [0.2, 0.25) is 0 Å². The van der Waals surface area contributed by atoms with E-state index in [-0.39, 0.29) is 5.75 Å². The van der Waals surface area contributed by atoms with E-state index in [4.69, 9.17) is 4.74 Å². The van der Waals surface area contributed by atoms with Gasteiger partial charge in [0.05, 0.1) is 19.0 Å². The highest BCUT2D eigenvalue weighted by Gasteiger charge is 2.04. The summed E-state index contributed by atoms with van der Waals surface area (Å²) >= 11 is 0. The van der Waals surface area contributed by atoms with E-state index in [1.54, 1.807) is 25.5 Å². The SMILES string of the molecule is COc1cc(C=NNc2ccccc2)c(O)cc1C. The lowest BCUT2D eigenvalue weighted by atomic mass is 10.1. The molecule has 0 amide bonds. The number of nitrogens with one attached hydrogen (secondary N) is 1. The van der Waals surface area contributed by atoms with Crippen LogP contribution < -0.4 is 10.2 Å². The molecule has 2 rings (SSSR count). The van der Waals surface area contributed by atoms with Crippen LogP contribution in [0.4, 0.5) is 5.69 Å². The highest BCUT2D eigenvalue weighted by molar-refractivity contribution is 5.85. The summed E-state index contributed by atoms with van der Waals surface area (Å²) in [6.07, 6.45) is 1.56. The fourth-order valence-electron chi connectivity index (χ4n) is 1.70. The number of nitrogens with zero attached hydrogens (tertiary/aromatic N) is 1. The molecule has 2 aromatic carbocycles. The molecule has 0 aliphatic rings. The van der Waals surface area contributed by atoms with E-state index in [1.165, 1.54) is 0 Å². The van der Waals surface area contributed by atoms with Gasteiger partial charge >= 0.3 is 0 Å². The van der Waals surface area contributed by atoms with Crippen molar-refractivity contribution in [3.8, 4) is 11.5 Å². The van der Waals surface area contributed by atoms with Crippen LogP contribution in [0, 0.1) is 6.92 Å². The number of ether oxygens (including phenoxy) is 1. The number of benzene rings is 2. The van der Waals surface area contributed by atoms with Gasteiger partial charge in [0.1, 0.15) is 11.5 Å². The molecule has 2 aromatic rings. The first kappa shape index (κ1) is 13.0. The summed E-state index contributed by atoms with van der Waals surface area (Å²) in [6, 6.07) is 13.0. The van der Waals surface area contributed by atoms with Crippen LogP contribution >= 0.6 is 0 Å². The van der Waals surface area contributed by atoms with Crippen molar-refractivity contribution in [2.45, 2.75) is 6.92 Å². The number of hydrogen-bond acceptors (Lipinski definition) is 4. The van der Waals surface area contributed by atoms with Crippen molar-refractivity contribution in [2.24, 2.45) is 5.10 Å². The van der Waals surface area contributed by atoms with E-state index in [2.05, 4.69) is 10.5 Å². The van der Waals surface area contributed by atoms with Gasteiger partial charge in [0.15, 0.2) is 0 Å². The quantitative estimate of drug-likeness (QED) is 0.652. The van der Waals surface area contributed by atoms with Crippen LogP contribution in [0.1, 0.15) is 11.1 Å². The molecule has 19 heavy (non-hydrogen) atoms. The first-order chi connectivity index (χ1) is 9.20. The Labute approximate surface area is 112 Å². The molecule has 0 unspecified atom stereocenters. The Morgan fingerprint density at radius 3 is 2.63 bits per heavy atom. The minimum absolute atomic E-state index is 0.178. The van der Waals surface area contributed by atoms with Gasteiger partial charge < -0.3 is 9.84 Å². The second-order valence-corrected chi connectivity index (χ2v) is 4.12. The predicted molar refractivity (Wildman–Crippen MR) is 77.1 cm³/mol. The fourth-order valence-corrected chi connectivity index (χ4v) is 1.70. The van der Waals surface area contributed by atoms with Crippen LogP contribution in [0.2, 0.25) is 0 Å². The number of aryl methyl sites for hydroxylation is 1. The molecule has 0 fully saturated rings. The maximum absolute atomic E-state index is 9.83. The molecule has 0 spiro atoms. The lowest BCUT2D eigenvalue weighted by Gasteiger charge is -2.07. The predicted octanol–water partition coefficient (Wildman–Crippen LogP) is 3.16. The third-order valence-corrected chi connectivity index (χ3v) is 2.72. The third kappa shape index (κ3) is 3.25. The van der Waals surface area contributed by atoms with E-state index in [0.717, 1.165) is 17.0 Å². The van der Waals surface area contributed by atoms with Crippen LogP contribution in [-0.2, 0) is 0 Å². The molecule has 98 valence electrons. The molecule has 0 aliphatic heterocycles. The molecule has 4 nitrogen and oxygen atoms in total. The fraction of sp³-hybridized carbons (Fsp3) is 0.133. The van der Waals surface area contributed by atoms with Crippen molar-refractivity contribution in [3.63, 3.8) is 0 Å². The van der Waals surface area contributed by atoms with Crippen LogP contribution in [0.25, 0.3) is 0 Å². The van der Waals surface area contributed by atoms with Crippen LogP contribution in [-0.4, -0.2) is 18.4 Å². The van der Waals surface area contributed by atoms with E-state index in [9.17, 15) is 5.11 Å². The molecule has 0 aromatic heterocycles. The number of phenols is 1. The normalized spacial score (nSPS) is 10.6. The highest BCUT2D eigenvalue weighted by Crippen LogP contribution is 2.26. The summed E-state index contributed by atoms with van der Waals surface area (Å²) in [5, 5.41) is 13.9. The second kappa shape index (κ2) is 5.91. The van der Waals surface area contributed by atoms with Crippen LogP contribution in [0.15, 0.2) is 47.6 Å². The molecular formula is C15H16N2O2. The van der Waals surface area contributed by atoms with Gasteiger partial charge in [-0.2, -0.15) is 5.10 Å². The van der Waals surface area contributed by atoms with Crippen LogP contribution in [0.5, 0.6) is 11.5 Å². The molecule has 0 radical (unpaired) electrons. The monoisotopic (exact) mass is 256 g/mol.